The van der Waals surface area contributed by atoms with Crippen molar-refractivity contribution in [1.82, 2.24) is 0 Å². The van der Waals surface area contributed by atoms with Crippen LogP contribution in [0.5, 0.6) is 0 Å². The van der Waals surface area contributed by atoms with Gasteiger partial charge in [0, 0.05) is 12.2 Å². The highest BCUT2D eigenvalue weighted by molar-refractivity contribution is 5.84. The van der Waals surface area contributed by atoms with Gasteiger partial charge in [-0.1, -0.05) is 45.6 Å². The molecule has 0 fully saturated rings. The van der Waals surface area contributed by atoms with Crippen LogP contribution < -0.4 is 0 Å². The third kappa shape index (κ3) is 19.5. The van der Waals surface area contributed by atoms with E-state index in [4.69, 9.17) is 10.2 Å². The van der Waals surface area contributed by atoms with Gasteiger partial charge in [-0.25, -0.2) is 4.79 Å². The molecule has 0 saturated heterocycles. The smallest absolute Gasteiger partial charge is 0.330 e. The molecule has 0 aliphatic carbocycles. The van der Waals surface area contributed by atoms with Gasteiger partial charge in [0.1, 0.15) is 0 Å². The van der Waals surface area contributed by atoms with Crippen molar-refractivity contribution in [2.75, 3.05) is 6.61 Å². The molecule has 2 N–H and O–H groups in total. The summed E-state index contributed by atoms with van der Waals surface area (Å²) < 4.78 is 0. The van der Waals surface area contributed by atoms with Crippen LogP contribution in [0.3, 0.4) is 0 Å². The summed E-state index contributed by atoms with van der Waals surface area (Å²) in [6.07, 6.45) is 7.50. The number of carboxylic acid groups (broad SMARTS) is 1. The Balaban J connectivity index is 0. The van der Waals surface area contributed by atoms with Gasteiger partial charge in [-0.3, -0.25) is 0 Å². The summed E-state index contributed by atoms with van der Waals surface area (Å²) in [5.41, 5.74) is 0.176. The normalized spacial score (nSPS) is 9.00. The van der Waals surface area contributed by atoms with Gasteiger partial charge in [0.05, 0.1) is 0 Å². The van der Waals surface area contributed by atoms with Crippen LogP contribution in [0.15, 0.2) is 12.2 Å². The van der Waals surface area contributed by atoms with E-state index in [9.17, 15) is 4.79 Å². The van der Waals surface area contributed by atoms with Crippen LogP contribution in [0.4, 0.5) is 0 Å². The number of aliphatic carboxylic acids is 1. The van der Waals surface area contributed by atoms with E-state index in [1.165, 1.54) is 39.0 Å². The lowest BCUT2D eigenvalue weighted by molar-refractivity contribution is -0.132. The van der Waals surface area contributed by atoms with Crippen molar-refractivity contribution in [3.05, 3.63) is 12.2 Å². The summed E-state index contributed by atoms with van der Waals surface area (Å²) in [7, 11) is 0. The molecule has 0 rings (SSSR count). The van der Waals surface area contributed by atoms with E-state index in [-0.39, 0.29) is 5.57 Å². The van der Waals surface area contributed by atoms with Crippen molar-refractivity contribution in [3.63, 3.8) is 0 Å². The summed E-state index contributed by atoms with van der Waals surface area (Å²) in [4.78, 5) is 9.60. The molecule has 0 radical (unpaired) electrons. The van der Waals surface area contributed by atoms with Crippen molar-refractivity contribution in [3.8, 4) is 0 Å². The average Bonchev–Trinajstić information content (AvgIpc) is 2.18. The molecule has 0 aromatic rings. The lowest BCUT2D eigenvalue weighted by Gasteiger charge is -1.95. The number of carboxylic acids is 1. The first-order valence-electron chi connectivity index (χ1n) is 5.55. The number of rotatable bonds is 7. The van der Waals surface area contributed by atoms with Crippen molar-refractivity contribution in [1.29, 1.82) is 0 Å². The summed E-state index contributed by atoms with van der Waals surface area (Å²) in [6.45, 7) is 7.18. The Hall–Kier alpha value is -0.830. The van der Waals surface area contributed by atoms with E-state index >= 15 is 0 Å². The highest BCUT2D eigenvalue weighted by Crippen LogP contribution is 2.03. The number of hydrogen-bond donors (Lipinski definition) is 2. The van der Waals surface area contributed by atoms with Crippen molar-refractivity contribution in [2.45, 2.75) is 52.4 Å². The number of unbranched alkanes of at least 4 members (excludes halogenated alkanes) is 5. The highest BCUT2D eigenvalue weighted by atomic mass is 16.4. The Bertz CT molecular complexity index is 146. The number of aliphatic hydroxyl groups is 1. The monoisotopic (exact) mass is 216 g/mol. The average molecular weight is 216 g/mol. The zero-order chi connectivity index (χ0) is 12.1. The molecular weight excluding hydrogens is 192 g/mol. The summed E-state index contributed by atoms with van der Waals surface area (Å²) >= 11 is 0. The quantitative estimate of drug-likeness (QED) is 0.508. The van der Waals surface area contributed by atoms with Crippen LogP contribution in [0.2, 0.25) is 0 Å². The van der Waals surface area contributed by atoms with E-state index in [1.54, 1.807) is 0 Å². The molecule has 0 spiro atoms. The van der Waals surface area contributed by atoms with Gasteiger partial charge in [0.15, 0.2) is 0 Å². The lowest BCUT2D eigenvalue weighted by Crippen LogP contribution is -1.92. The van der Waals surface area contributed by atoms with Gasteiger partial charge >= 0.3 is 5.97 Å². The minimum atomic E-state index is -0.935. The Kier molecular flexibility index (Phi) is 14.6. The SMILES string of the molecule is C=C(C)C(=O)O.CCCCCCCCO. The second kappa shape index (κ2) is 13.2. The molecule has 3 nitrogen and oxygen atoms in total. The molecule has 0 aliphatic heterocycles. The lowest BCUT2D eigenvalue weighted by atomic mass is 10.1. The van der Waals surface area contributed by atoms with Crippen LogP contribution in [0.25, 0.3) is 0 Å². The predicted molar refractivity (Wildman–Crippen MR) is 62.9 cm³/mol. The van der Waals surface area contributed by atoms with Crippen LogP contribution in [-0.4, -0.2) is 22.8 Å². The van der Waals surface area contributed by atoms with Crippen LogP contribution in [0.1, 0.15) is 52.4 Å². The number of aliphatic hydroxyl groups excluding tert-OH is 1. The second-order valence-electron chi connectivity index (χ2n) is 3.58. The van der Waals surface area contributed by atoms with E-state index in [2.05, 4.69) is 13.5 Å². The largest absolute Gasteiger partial charge is 0.478 e. The molecule has 0 aliphatic rings. The van der Waals surface area contributed by atoms with Gasteiger partial charge < -0.3 is 10.2 Å². The maximum atomic E-state index is 9.60. The maximum Gasteiger partial charge on any atom is 0.330 e. The van der Waals surface area contributed by atoms with Gasteiger partial charge in [-0.15, -0.1) is 0 Å². The Morgan fingerprint density at radius 3 is 1.87 bits per heavy atom. The zero-order valence-electron chi connectivity index (χ0n) is 9.96. The summed E-state index contributed by atoms with van der Waals surface area (Å²) in [5, 5.41) is 16.3. The van der Waals surface area contributed by atoms with Crippen molar-refractivity contribution < 1.29 is 15.0 Å². The molecule has 0 amide bonds. The van der Waals surface area contributed by atoms with Gasteiger partial charge in [-0.05, 0) is 13.3 Å². The first kappa shape index (κ1) is 16.6. The Labute approximate surface area is 92.8 Å². The molecule has 0 bridgehead atoms. The van der Waals surface area contributed by atoms with E-state index in [0.717, 1.165) is 6.42 Å². The first-order valence-corrected chi connectivity index (χ1v) is 5.55. The second-order valence-corrected chi connectivity index (χ2v) is 3.58. The molecule has 90 valence electrons. The first-order chi connectivity index (χ1) is 7.06. The zero-order valence-corrected chi connectivity index (χ0v) is 9.96. The van der Waals surface area contributed by atoms with E-state index in [1.807, 2.05) is 0 Å². The molecule has 3 heteroatoms. The van der Waals surface area contributed by atoms with Gasteiger partial charge in [0.2, 0.25) is 0 Å². The fourth-order valence-electron chi connectivity index (χ4n) is 0.892. The number of carbonyl (C=O) groups is 1. The Morgan fingerprint density at radius 1 is 1.13 bits per heavy atom. The molecule has 0 saturated carbocycles. The molecule has 0 unspecified atom stereocenters. The Morgan fingerprint density at radius 2 is 1.53 bits per heavy atom. The minimum Gasteiger partial charge on any atom is -0.478 e. The van der Waals surface area contributed by atoms with Crippen LogP contribution >= 0.6 is 0 Å². The fourth-order valence-corrected chi connectivity index (χ4v) is 0.892. The molecule has 0 aromatic heterocycles. The predicted octanol–water partition coefficient (Wildman–Crippen LogP) is 2.99. The van der Waals surface area contributed by atoms with Crippen molar-refractivity contribution >= 4 is 5.97 Å². The third-order valence-corrected chi connectivity index (χ3v) is 1.88. The van der Waals surface area contributed by atoms with Crippen LogP contribution in [0, 0.1) is 0 Å². The van der Waals surface area contributed by atoms with Crippen molar-refractivity contribution in [2.24, 2.45) is 0 Å². The molecule has 0 aromatic carbocycles. The standard InChI is InChI=1S/C8H18O.C4H6O2/c1-2-3-4-5-6-7-8-9;1-3(2)4(5)6/h9H,2-8H2,1H3;1H2,2H3,(H,5,6). The number of hydrogen-bond acceptors (Lipinski definition) is 2. The molecule has 0 heterocycles. The third-order valence-electron chi connectivity index (χ3n) is 1.88. The van der Waals surface area contributed by atoms with Gasteiger partial charge in [-0.2, -0.15) is 0 Å². The summed E-state index contributed by atoms with van der Waals surface area (Å²) in [5.74, 6) is -0.935. The fraction of sp³-hybridized carbons (Fsp3) is 0.750. The van der Waals surface area contributed by atoms with E-state index < -0.39 is 5.97 Å². The minimum absolute atomic E-state index is 0.176. The topological polar surface area (TPSA) is 57.5 Å². The van der Waals surface area contributed by atoms with E-state index in [0.29, 0.717) is 6.61 Å². The highest BCUT2D eigenvalue weighted by Gasteiger charge is 1.90. The maximum absolute atomic E-state index is 9.60. The summed E-state index contributed by atoms with van der Waals surface area (Å²) in [6, 6.07) is 0. The molecule has 0 atom stereocenters. The van der Waals surface area contributed by atoms with Crippen LogP contribution in [-0.2, 0) is 4.79 Å². The molecule has 15 heavy (non-hydrogen) atoms. The van der Waals surface area contributed by atoms with Gasteiger partial charge in [0.25, 0.3) is 0 Å². The molecular formula is C12H24O3.